The monoisotopic (exact) mass is 285 g/mol. The molecule has 1 N–H and O–H groups in total. The smallest absolute Gasteiger partial charge is 0.326 e. The quantitative estimate of drug-likeness (QED) is 0.778. The molecule has 0 spiro atoms. The van der Waals surface area contributed by atoms with Crippen LogP contribution in [-0.2, 0) is 19.0 Å². The average Bonchev–Trinajstić information content (AvgIpc) is 2.98. The number of esters is 1. The molecule has 5 nitrogen and oxygen atoms in total. The first kappa shape index (κ1) is 15.7. The SMILES string of the molecule is CCC1(C)CC(NCC2CCCO2)(C(=O)OC)CCO1. The van der Waals surface area contributed by atoms with Gasteiger partial charge >= 0.3 is 5.97 Å². The Morgan fingerprint density at radius 3 is 2.85 bits per heavy atom. The highest BCUT2D eigenvalue weighted by Gasteiger charge is 2.48. The van der Waals surface area contributed by atoms with E-state index in [1.54, 1.807) is 0 Å². The number of rotatable bonds is 5. The third-order valence-corrected chi connectivity index (χ3v) is 4.67. The molecule has 0 aromatic rings. The summed E-state index contributed by atoms with van der Waals surface area (Å²) in [5, 5.41) is 3.44. The standard InChI is InChI=1S/C15H27NO4/c1-4-14(2)11-15(7-9-20-14,13(17)18-3)16-10-12-6-5-8-19-12/h12,16H,4-11H2,1-3H3. The van der Waals surface area contributed by atoms with Gasteiger partial charge in [0.15, 0.2) is 0 Å². The van der Waals surface area contributed by atoms with Crippen LogP contribution in [0.15, 0.2) is 0 Å². The number of carbonyl (C=O) groups excluding carboxylic acids is 1. The first-order valence-electron chi connectivity index (χ1n) is 7.63. The molecule has 0 aliphatic carbocycles. The zero-order chi connectivity index (χ0) is 14.6. The maximum Gasteiger partial charge on any atom is 0.326 e. The highest BCUT2D eigenvalue weighted by molar-refractivity contribution is 5.81. The molecule has 0 radical (unpaired) electrons. The number of hydrogen-bond acceptors (Lipinski definition) is 5. The summed E-state index contributed by atoms with van der Waals surface area (Å²) in [6, 6.07) is 0. The first-order valence-corrected chi connectivity index (χ1v) is 7.63. The van der Waals surface area contributed by atoms with E-state index >= 15 is 0 Å². The molecule has 20 heavy (non-hydrogen) atoms. The maximum atomic E-state index is 12.3. The molecule has 0 aromatic heterocycles. The second kappa shape index (κ2) is 6.41. The second-order valence-corrected chi connectivity index (χ2v) is 6.17. The van der Waals surface area contributed by atoms with Crippen LogP contribution in [0.2, 0.25) is 0 Å². The van der Waals surface area contributed by atoms with E-state index in [0.29, 0.717) is 26.0 Å². The number of methoxy groups -OCH3 is 1. The van der Waals surface area contributed by atoms with Gasteiger partial charge < -0.3 is 14.2 Å². The molecule has 3 atom stereocenters. The molecule has 3 unspecified atom stereocenters. The van der Waals surface area contributed by atoms with E-state index < -0.39 is 5.54 Å². The van der Waals surface area contributed by atoms with Crippen molar-refractivity contribution in [2.45, 2.75) is 63.2 Å². The summed E-state index contributed by atoms with van der Waals surface area (Å²) in [6.45, 7) is 6.27. The lowest BCUT2D eigenvalue weighted by molar-refractivity contribution is -0.164. The van der Waals surface area contributed by atoms with E-state index in [4.69, 9.17) is 14.2 Å². The zero-order valence-corrected chi connectivity index (χ0v) is 12.9. The molecule has 0 saturated carbocycles. The molecule has 5 heteroatoms. The van der Waals surface area contributed by atoms with Gasteiger partial charge in [-0.25, -0.2) is 0 Å². The minimum absolute atomic E-state index is 0.182. The molecule has 2 fully saturated rings. The lowest BCUT2D eigenvalue weighted by Gasteiger charge is -2.45. The van der Waals surface area contributed by atoms with E-state index in [1.165, 1.54) is 7.11 Å². The Kier molecular flexibility index (Phi) is 5.04. The molecule has 0 bridgehead atoms. The Balaban J connectivity index is 2.06. The fraction of sp³-hybridized carbons (Fsp3) is 0.933. The fourth-order valence-corrected chi connectivity index (χ4v) is 3.18. The van der Waals surface area contributed by atoms with Gasteiger partial charge in [0, 0.05) is 26.2 Å². The molecule has 0 amide bonds. The van der Waals surface area contributed by atoms with Crippen molar-refractivity contribution in [1.82, 2.24) is 5.32 Å². The van der Waals surface area contributed by atoms with Crippen LogP contribution in [0.25, 0.3) is 0 Å². The summed E-state index contributed by atoms with van der Waals surface area (Å²) in [7, 11) is 1.45. The number of hydrogen-bond donors (Lipinski definition) is 1. The highest BCUT2D eigenvalue weighted by Crippen LogP contribution is 2.35. The van der Waals surface area contributed by atoms with E-state index in [1.807, 2.05) is 0 Å². The molecule has 2 rings (SSSR count). The van der Waals surface area contributed by atoms with Crippen molar-refractivity contribution in [3.8, 4) is 0 Å². The van der Waals surface area contributed by atoms with Gasteiger partial charge in [-0.15, -0.1) is 0 Å². The predicted octanol–water partition coefficient (Wildman–Crippen LogP) is 1.65. The Morgan fingerprint density at radius 2 is 2.25 bits per heavy atom. The van der Waals surface area contributed by atoms with Gasteiger partial charge in [0.2, 0.25) is 0 Å². The summed E-state index contributed by atoms with van der Waals surface area (Å²) in [6.07, 6.45) is 4.57. The van der Waals surface area contributed by atoms with Crippen LogP contribution in [-0.4, -0.2) is 50.1 Å². The molecule has 0 aromatic carbocycles. The topological polar surface area (TPSA) is 56.8 Å². The summed E-state index contributed by atoms with van der Waals surface area (Å²) in [5.74, 6) is -0.182. The lowest BCUT2D eigenvalue weighted by atomic mass is 9.79. The molecule has 2 aliphatic heterocycles. The predicted molar refractivity (Wildman–Crippen MR) is 75.6 cm³/mol. The Hall–Kier alpha value is -0.650. The van der Waals surface area contributed by atoms with Crippen molar-refractivity contribution in [2.24, 2.45) is 0 Å². The van der Waals surface area contributed by atoms with E-state index in [-0.39, 0.29) is 17.7 Å². The van der Waals surface area contributed by atoms with E-state index in [9.17, 15) is 4.79 Å². The number of ether oxygens (including phenoxy) is 3. The van der Waals surface area contributed by atoms with Gasteiger partial charge in [-0.1, -0.05) is 6.92 Å². The Bertz CT molecular complexity index is 343. The summed E-state index contributed by atoms with van der Waals surface area (Å²) in [5.41, 5.74) is -0.903. The zero-order valence-electron chi connectivity index (χ0n) is 12.9. The fourth-order valence-electron chi connectivity index (χ4n) is 3.18. The summed E-state index contributed by atoms with van der Waals surface area (Å²) >= 11 is 0. The van der Waals surface area contributed by atoms with Crippen molar-refractivity contribution < 1.29 is 19.0 Å². The van der Waals surface area contributed by atoms with Gasteiger partial charge in [0.05, 0.1) is 18.8 Å². The number of carbonyl (C=O) groups is 1. The van der Waals surface area contributed by atoms with E-state index in [2.05, 4.69) is 19.2 Å². The van der Waals surface area contributed by atoms with Crippen molar-refractivity contribution >= 4 is 5.97 Å². The molecule has 116 valence electrons. The Labute approximate surface area is 121 Å². The second-order valence-electron chi connectivity index (χ2n) is 6.17. The van der Waals surface area contributed by atoms with Crippen molar-refractivity contribution in [2.75, 3.05) is 26.9 Å². The minimum atomic E-state index is -0.635. The van der Waals surface area contributed by atoms with Gasteiger partial charge in [0.25, 0.3) is 0 Å². The van der Waals surface area contributed by atoms with Crippen molar-refractivity contribution in [3.63, 3.8) is 0 Å². The molecule has 2 heterocycles. The van der Waals surface area contributed by atoms with Crippen LogP contribution < -0.4 is 5.32 Å². The maximum absolute atomic E-state index is 12.3. The average molecular weight is 285 g/mol. The van der Waals surface area contributed by atoms with Gasteiger partial charge in [-0.3, -0.25) is 10.1 Å². The summed E-state index contributed by atoms with van der Waals surface area (Å²) in [4.78, 5) is 12.3. The van der Waals surface area contributed by atoms with Crippen LogP contribution in [0.3, 0.4) is 0 Å². The lowest BCUT2D eigenvalue weighted by Crippen LogP contribution is -2.61. The normalized spacial score (nSPS) is 37.9. The highest BCUT2D eigenvalue weighted by atomic mass is 16.5. The number of nitrogens with one attached hydrogen (secondary N) is 1. The van der Waals surface area contributed by atoms with Crippen LogP contribution in [0.5, 0.6) is 0 Å². The summed E-state index contributed by atoms with van der Waals surface area (Å²) < 4.78 is 16.5. The van der Waals surface area contributed by atoms with Crippen LogP contribution in [0.4, 0.5) is 0 Å². The molecule has 2 aliphatic rings. The molecular formula is C15H27NO4. The largest absolute Gasteiger partial charge is 0.468 e. The first-order chi connectivity index (χ1) is 9.53. The van der Waals surface area contributed by atoms with Crippen molar-refractivity contribution in [1.29, 1.82) is 0 Å². The van der Waals surface area contributed by atoms with Crippen LogP contribution in [0.1, 0.15) is 46.0 Å². The Morgan fingerprint density at radius 1 is 1.45 bits per heavy atom. The molecular weight excluding hydrogens is 258 g/mol. The minimum Gasteiger partial charge on any atom is -0.468 e. The third kappa shape index (κ3) is 3.32. The van der Waals surface area contributed by atoms with Crippen molar-refractivity contribution in [3.05, 3.63) is 0 Å². The third-order valence-electron chi connectivity index (χ3n) is 4.67. The van der Waals surface area contributed by atoms with E-state index in [0.717, 1.165) is 25.9 Å². The van der Waals surface area contributed by atoms with Gasteiger partial charge in [-0.2, -0.15) is 0 Å². The van der Waals surface area contributed by atoms with Crippen LogP contribution >= 0.6 is 0 Å². The molecule has 2 saturated heterocycles. The van der Waals surface area contributed by atoms with Crippen LogP contribution in [0, 0.1) is 0 Å². The van der Waals surface area contributed by atoms with Gasteiger partial charge in [0.1, 0.15) is 5.54 Å². The van der Waals surface area contributed by atoms with Gasteiger partial charge in [-0.05, 0) is 32.6 Å².